The summed E-state index contributed by atoms with van der Waals surface area (Å²) in [6.45, 7) is -0.0797. The summed E-state index contributed by atoms with van der Waals surface area (Å²) in [4.78, 5) is 20.3. The van der Waals surface area contributed by atoms with Gasteiger partial charge in [-0.2, -0.15) is 0 Å². The molecular weight excluding hydrogens is 337 g/mol. The number of fused-ring (bicyclic) bond motifs is 1. The third-order valence-electron chi connectivity index (χ3n) is 3.23. The highest BCUT2D eigenvalue weighted by atomic mass is 19.4. The van der Waals surface area contributed by atoms with Crippen molar-refractivity contribution in [2.24, 2.45) is 0 Å². The monoisotopic (exact) mass is 348 g/mol. The maximum atomic E-state index is 12.1. The zero-order valence-electron chi connectivity index (χ0n) is 12.7. The minimum absolute atomic E-state index is 0.0797. The minimum atomic E-state index is -4.74. The molecule has 3 rings (SSSR count). The summed E-state index contributed by atoms with van der Waals surface area (Å²) in [5.41, 5.74) is 2.05. The van der Waals surface area contributed by atoms with Gasteiger partial charge in [-0.1, -0.05) is 12.1 Å². The number of carbonyl (C=O) groups excluding carboxylic acids is 1. The molecule has 1 heterocycles. The van der Waals surface area contributed by atoms with E-state index in [4.69, 9.17) is 4.74 Å². The van der Waals surface area contributed by atoms with Crippen molar-refractivity contribution in [1.29, 1.82) is 0 Å². The molecule has 0 unspecified atom stereocenters. The molecule has 0 bridgehead atoms. The molecular formula is C17H11F3N2O3. The quantitative estimate of drug-likeness (QED) is 0.670. The van der Waals surface area contributed by atoms with Crippen molar-refractivity contribution in [2.75, 3.05) is 0 Å². The Morgan fingerprint density at radius 1 is 0.960 bits per heavy atom. The summed E-state index contributed by atoms with van der Waals surface area (Å²) in [5.74, 6) is -0.904. The number of hydrogen-bond donors (Lipinski definition) is 0. The molecule has 0 aliphatic rings. The first-order valence-corrected chi connectivity index (χ1v) is 7.13. The third kappa shape index (κ3) is 4.43. The highest BCUT2D eigenvalue weighted by Crippen LogP contribution is 2.23. The Morgan fingerprint density at radius 3 is 2.32 bits per heavy atom. The molecule has 0 N–H and O–H groups in total. The van der Waals surface area contributed by atoms with E-state index in [0.717, 1.165) is 12.1 Å². The number of alkyl halides is 3. The number of esters is 1. The summed E-state index contributed by atoms with van der Waals surface area (Å²) in [6.07, 6.45) is -1.68. The topological polar surface area (TPSA) is 61.3 Å². The Balaban J connectivity index is 1.63. The fraction of sp³-hybridized carbons (Fsp3) is 0.118. The number of halogens is 3. The molecule has 5 nitrogen and oxygen atoms in total. The van der Waals surface area contributed by atoms with E-state index in [-0.39, 0.29) is 12.4 Å². The summed E-state index contributed by atoms with van der Waals surface area (Å²) in [5, 5.41) is 0. The van der Waals surface area contributed by atoms with Gasteiger partial charge in [-0.25, -0.2) is 4.79 Å². The molecule has 0 radical (unpaired) electrons. The van der Waals surface area contributed by atoms with E-state index < -0.39 is 12.3 Å². The molecule has 1 aromatic heterocycles. The smallest absolute Gasteiger partial charge is 0.457 e. The summed E-state index contributed by atoms with van der Waals surface area (Å²) in [7, 11) is 0. The van der Waals surface area contributed by atoms with Gasteiger partial charge in [0.25, 0.3) is 0 Å². The predicted octanol–water partition coefficient (Wildman–Crippen LogP) is 3.89. The van der Waals surface area contributed by atoms with Crippen LogP contribution in [0.4, 0.5) is 13.2 Å². The number of aromatic nitrogens is 2. The Kier molecular flexibility index (Phi) is 4.51. The van der Waals surface area contributed by atoms with Crippen molar-refractivity contribution in [3.8, 4) is 5.75 Å². The largest absolute Gasteiger partial charge is 0.573 e. The summed E-state index contributed by atoms with van der Waals surface area (Å²) in [6, 6.07) is 9.87. The van der Waals surface area contributed by atoms with E-state index in [1.54, 1.807) is 24.4 Å². The second-order valence-corrected chi connectivity index (χ2v) is 5.03. The first-order valence-electron chi connectivity index (χ1n) is 7.13. The van der Waals surface area contributed by atoms with Crippen molar-refractivity contribution in [3.63, 3.8) is 0 Å². The molecule has 3 aromatic rings. The minimum Gasteiger partial charge on any atom is -0.457 e. The van der Waals surface area contributed by atoms with Crippen molar-refractivity contribution >= 4 is 17.0 Å². The molecule has 0 fully saturated rings. The van der Waals surface area contributed by atoms with Crippen LogP contribution in [0.2, 0.25) is 0 Å². The van der Waals surface area contributed by atoms with Crippen molar-refractivity contribution < 1.29 is 27.4 Å². The zero-order valence-corrected chi connectivity index (χ0v) is 12.7. The normalized spacial score (nSPS) is 11.3. The van der Waals surface area contributed by atoms with E-state index in [0.29, 0.717) is 22.2 Å². The lowest BCUT2D eigenvalue weighted by atomic mass is 10.2. The number of carbonyl (C=O) groups is 1. The van der Waals surface area contributed by atoms with Crippen LogP contribution in [0.25, 0.3) is 11.0 Å². The second-order valence-electron chi connectivity index (χ2n) is 5.03. The molecule has 128 valence electrons. The van der Waals surface area contributed by atoms with Crippen molar-refractivity contribution in [1.82, 2.24) is 9.97 Å². The van der Waals surface area contributed by atoms with E-state index in [9.17, 15) is 18.0 Å². The van der Waals surface area contributed by atoms with E-state index in [2.05, 4.69) is 14.7 Å². The maximum absolute atomic E-state index is 12.1. The predicted molar refractivity (Wildman–Crippen MR) is 81.8 cm³/mol. The van der Waals surface area contributed by atoms with Crippen molar-refractivity contribution in [2.45, 2.75) is 13.0 Å². The lowest BCUT2D eigenvalue weighted by Crippen LogP contribution is -2.17. The van der Waals surface area contributed by atoms with Crippen LogP contribution in [0, 0.1) is 0 Å². The van der Waals surface area contributed by atoms with Crippen LogP contribution in [-0.4, -0.2) is 22.3 Å². The summed E-state index contributed by atoms with van der Waals surface area (Å²) >= 11 is 0. The van der Waals surface area contributed by atoms with Gasteiger partial charge in [0, 0.05) is 12.4 Å². The van der Waals surface area contributed by atoms with Gasteiger partial charge >= 0.3 is 12.3 Å². The molecule has 0 aliphatic carbocycles. The maximum Gasteiger partial charge on any atom is 0.573 e. The lowest BCUT2D eigenvalue weighted by Gasteiger charge is -2.09. The van der Waals surface area contributed by atoms with Gasteiger partial charge < -0.3 is 9.47 Å². The van der Waals surface area contributed by atoms with Gasteiger partial charge in [0.1, 0.15) is 12.4 Å². The third-order valence-corrected chi connectivity index (χ3v) is 3.23. The van der Waals surface area contributed by atoms with Gasteiger partial charge in [0.2, 0.25) is 0 Å². The van der Waals surface area contributed by atoms with E-state index in [1.165, 1.54) is 18.3 Å². The fourth-order valence-electron chi connectivity index (χ4n) is 2.11. The van der Waals surface area contributed by atoms with Gasteiger partial charge in [0.15, 0.2) is 0 Å². The molecule has 0 atom stereocenters. The van der Waals surface area contributed by atoms with Crippen LogP contribution >= 0.6 is 0 Å². The summed E-state index contributed by atoms with van der Waals surface area (Å²) < 4.78 is 45.2. The van der Waals surface area contributed by atoms with Crippen LogP contribution in [0.5, 0.6) is 5.75 Å². The van der Waals surface area contributed by atoms with Gasteiger partial charge in [-0.05, 0) is 35.9 Å². The zero-order chi connectivity index (χ0) is 17.9. The molecule has 0 saturated carbocycles. The number of nitrogens with zero attached hydrogens (tertiary/aromatic N) is 2. The molecule has 25 heavy (non-hydrogen) atoms. The highest BCUT2D eigenvalue weighted by Gasteiger charge is 2.30. The van der Waals surface area contributed by atoms with E-state index >= 15 is 0 Å². The Bertz CT molecular complexity index is 896. The highest BCUT2D eigenvalue weighted by molar-refractivity contribution is 5.93. The van der Waals surface area contributed by atoms with Crippen LogP contribution in [0.1, 0.15) is 15.9 Å². The van der Waals surface area contributed by atoms with Crippen LogP contribution < -0.4 is 4.74 Å². The average molecular weight is 348 g/mol. The Hall–Kier alpha value is -3.16. The molecule has 0 saturated heterocycles. The SMILES string of the molecule is O=C(OCc1ccc(OC(F)(F)F)cc1)c1ccc2nccnc2c1. The Labute approximate surface area is 140 Å². The molecule has 2 aromatic carbocycles. The standard InChI is InChI=1S/C17H11F3N2O3/c18-17(19,20)25-13-4-1-11(2-5-13)10-24-16(23)12-3-6-14-15(9-12)22-8-7-21-14/h1-9H,10H2. The van der Waals surface area contributed by atoms with Gasteiger partial charge in [0.05, 0.1) is 16.6 Å². The van der Waals surface area contributed by atoms with Gasteiger partial charge in [-0.15, -0.1) is 13.2 Å². The average Bonchev–Trinajstić information content (AvgIpc) is 2.59. The van der Waals surface area contributed by atoms with Crippen LogP contribution in [0.3, 0.4) is 0 Å². The number of rotatable bonds is 4. The van der Waals surface area contributed by atoms with Gasteiger partial charge in [-0.3, -0.25) is 9.97 Å². The number of ether oxygens (including phenoxy) is 2. The molecule has 0 spiro atoms. The van der Waals surface area contributed by atoms with Crippen LogP contribution in [0.15, 0.2) is 54.9 Å². The van der Waals surface area contributed by atoms with E-state index in [1.807, 2.05) is 0 Å². The first kappa shape index (κ1) is 16.7. The van der Waals surface area contributed by atoms with Crippen molar-refractivity contribution in [3.05, 3.63) is 66.0 Å². The lowest BCUT2D eigenvalue weighted by molar-refractivity contribution is -0.274. The fourth-order valence-corrected chi connectivity index (χ4v) is 2.11. The number of benzene rings is 2. The molecule has 8 heteroatoms. The second kappa shape index (κ2) is 6.76. The number of hydrogen-bond acceptors (Lipinski definition) is 5. The first-order chi connectivity index (χ1) is 11.9. The molecule has 0 aliphatic heterocycles. The Morgan fingerprint density at radius 2 is 1.64 bits per heavy atom. The van der Waals surface area contributed by atoms with Crippen LogP contribution in [-0.2, 0) is 11.3 Å². The molecule has 0 amide bonds.